The van der Waals surface area contributed by atoms with E-state index < -0.39 is 10.8 Å². The highest BCUT2D eigenvalue weighted by Gasteiger charge is 2.52. The maximum atomic E-state index is 2.58. The normalized spacial score (nSPS) is 13.9. The molecular weight excluding hydrogens is 845 g/mol. The summed E-state index contributed by atoms with van der Waals surface area (Å²) in [7, 11) is 0. The minimum atomic E-state index is -0.545. The first-order chi connectivity index (χ1) is 34.8. The fraction of sp³-hybridized carbons (Fsp3) is 0.0294. The molecule has 0 bridgehead atoms. The van der Waals surface area contributed by atoms with Crippen molar-refractivity contribution in [2.45, 2.75) is 10.8 Å². The summed E-state index contributed by atoms with van der Waals surface area (Å²) in [5, 5.41) is 2.53. The molecule has 2 aliphatic carbocycles. The molecule has 15 rings (SSSR count). The summed E-state index contributed by atoms with van der Waals surface area (Å²) in [5.41, 5.74) is 23.9. The van der Waals surface area contributed by atoms with Gasteiger partial charge in [-0.05, 0) is 120 Å². The number of rotatable bonds is 6. The fourth-order valence-electron chi connectivity index (χ4n) is 13.2. The molecule has 0 saturated heterocycles. The van der Waals surface area contributed by atoms with Crippen molar-refractivity contribution in [2.75, 3.05) is 4.90 Å². The minimum absolute atomic E-state index is 0.467. The van der Waals surface area contributed by atoms with Gasteiger partial charge >= 0.3 is 0 Å². The van der Waals surface area contributed by atoms with Gasteiger partial charge in [0.2, 0.25) is 0 Å². The van der Waals surface area contributed by atoms with Gasteiger partial charge in [-0.3, -0.25) is 0 Å². The fourth-order valence-corrected chi connectivity index (χ4v) is 13.2. The van der Waals surface area contributed by atoms with Crippen molar-refractivity contribution in [2.24, 2.45) is 0 Å². The van der Waals surface area contributed by atoms with Gasteiger partial charge in [0.05, 0.1) is 33.2 Å². The molecule has 0 saturated carbocycles. The van der Waals surface area contributed by atoms with E-state index in [1.165, 1.54) is 105 Å². The number of fused-ring (bicyclic) bond motifs is 15. The molecule has 1 spiro atoms. The van der Waals surface area contributed by atoms with E-state index in [9.17, 15) is 0 Å². The summed E-state index contributed by atoms with van der Waals surface area (Å²) in [6.07, 6.45) is 0. The molecule has 2 heteroatoms. The molecule has 326 valence electrons. The average molecular weight is 889 g/mol. The number of benzene rings is 11. The Morgan fingerprint density at radius 1 is 0.300 bits per heavy atom. The number of nitrogens with zero attached hydrogens (tertiary/aromatic N) is 2. The Kier molecular flexibility index (Phi) is 8.24. The van der Waals surface area contributed by atoms with E-state index >= 15 is 0 Å². The van der Waals surface area contributed by atoms with Crippen molar-refractivity contribution in [1.29, 1.82) is 0 Å². The Balaban J connectivity index is 0.953. The van der Waals surface area contributed by atoms with Gasteiger partial charge in [0, 0.05) is 22.1 Å². The number of hydrogen-bond donors (Lipinski definition) is 0. The summed E-state index contributed by atoms with van der Waals surface area (Å²) in [5.74, 6) is 0. The smallest absolute Gasteiger partial charge is 0.0755 e. The topological polar surface area (TPSA) is 8.17 Å². The number of para-hydroxylation sites is 4. The van der Waals surface area contributed by atoms with Gasteiger partial charge in [0.15, 0.2) is 0 Å². The third kappa shape index (κ3) is 5.07. The van der Waals surface area contributed by atoms with Gasteiger partial charge in [-0.15, -0.1) is 0 Å². The minimum Gasteiger partial charge on any atom is -0.308 e. The second-order valence-corrected chi connectivity index (χ2v) is 19.1. The number of aromatic nitrogens is 1. The summed E-state index contributed by atoms with van der Waals surface area (Å²) < 4.78 is 2.58. The second kappa shape index (κ2) is 14.8. The molecule has 1 aromatic heterocycles. The molecule has 0 atom stereocenters. The van der Waals surface area contributed by atoms with Crippen LogP contribution in [0.5, 0.6) is 0 Å². The summed E-state index contributed by atoms with van der Waals surface area (Å²) in [6, 6.07) is 99.7. The van der Waals surface area contributed by atoms with Crippen molar-refractivity contribution in [3.8, 4) is 39.1 Å². The average Bonchev–Trinajstić information content (AvgIpc) is 4.05. The van der Waals surface area contributed by atoms with Crippen LogP contribution in [0.25, 0.3) is 60.9 Å². The third-order valence-corrected chi connectivity index (χ3v) is 15.9. The quantitative estimate of drug-likeness (QED) is 0.161. The zero-order chi connectivity index (χ0) is 46.0. The van der Waals surface area contributed by atoms with E-state index in [-0.39, 0.29) is 0 Å². The van der Waals surface area contributed by atoms with E-state index in [0.717, 1.165) is 17.1 Å². The van der Waals surface area contributed by atoms with E-state index in [0.29, 0.717) is 0 Å². The van der Waals surface area contributed by atoms with Crippen molar-refractivity contribution < 1.29 is 0 Å². The van der Waals surface area contributed by atoms with Gasteiger partial charge < -0.3 is 9.47 Å². The molecule has 2 nitrogen and oxygen atoms in total. The first-order valence-electron chi connectivity index (χ1n) is 24.4. The molecule has 12 aromatic rings. The van der Waals surface area contributed by atoms with Crippen LogP contribution in [0.1, 0.15) is 44.5 Å². The van der Waals surface area contributed by atoms with Crippen LogP contribution in [0.2, 0.25) is 0 Å². The zero-order valence-electron chi connectivity index (χ0n) is 38.3. The van der Waals surface area contributed by atoms with Crippen LogP contribution in [0, 0.1) is 0 Å². The molecule has 1 aliphatic heterocycles. The van der Waals surface area contributed by atoms with Crippen molar-refractivity contribution in [3.05, 3.63) is 311 Å². The van der Waals surface area contributed by atoms with Gasteiger partial charge in [-0.25, -0.2) is 0 Å². The van der Waals surface area contributed by atoms with Crippen LogP contribution < -0.4 is 4.90 Å². The maximum absolute atomic E-state index is 2.58. The van der Waals surface area contributed by atoms with Crippen molar-refractivity contribution in [3.63, 3.8) is 0 Å². The first kappa shape index (κ1) is 39.1. The Hall–Kier alpha value is -8.98. The highest BCUT2D eigenvalue weighted by atomic mass is 15.2. The van der Waals surface area contributed by atoms with Gasteiger partial charge in [-0.2, -0.15) is 0 Å². The van der Waals surface area contributed by atoms with Crippen LogP contribution in [0.3, 0.4) is 0 Å². The molecule has 11 aromatic carbocycles. The lowest BCUT2D eigenvalue weighted by Crippen LogP contribution is -2.34. The first-order valence-corrected chi connectivity index (χ1v) is 24.4. The molecule has 0 radical (unpaired) electrons. The highest BCUT2D eigenvalue weighted by Crippen LogP contribution is 2.63. The predicted octanol–water partition coefficient (Wildman–Crippen LogP) is 17.0. The largest absolute Gasteiger partial charge is 0.308 e. The second-order valence-electron chi connectivity index (χ2n) is 19.1. The third-order valence-electron chi connectivity index (χ3n) is 15.9. The van der Waals surface area contributed by atoms with Crippen LogP contribution in [-0.2, 0) is 10.8 Å². The zero-order valence-corrected chi connectivity index (χ0v) is 38.3. The summed E-state index contributed by atoms with van der Waals surface area (Å²) in [6.45, 7) is 0. The van der Waals surface area contributed by atoms with E-state index in [1.54, 1.807) is 0 Å². The molecule has 0 unspecified atom stereocenters. The molecule has 0 amide bonds. The van der Waals surface area contributed by atoms with E-state index in [2.05, 4.69) is 276 Å². The van der Waals surface area contributed by atoms with Crippen molar-refractivity contribution in [1.82, 2.24) is 4.57 Å². The Morgan fingerprint density at radius 2 is 0.771 bits per heavy atom. The van der Waals surface area contributed by atoms with Crippen LogP contribution in [-0.4, -0.2) is 4.57 Å². The maximum Gasteiger partial charge on any atom is 0.0755 e. The van der Waals surface area contributed by atoms with E-state index in [4.69, 9.17) is 0 Å². The monoisotopic (exact) mass is 888 g/mol. The van der Waals surface area contributed by atoms with Gasteiger partial charge in [-0.1, -0.05) is 224 Å². The molecular formula is C68H44N2. The molecule has 70 heavy (non-hydrogen) atoms. The summed E-state index contributed by atoms with van der Waals surface area (Å²) >= 11 is 0. The Morgan fingerprint density at radius 3 is 1.43 bits per heavy atom. The lowest BCUT2D eigenvalue weighted by atomic mass is 9.65. The van der Waals surface area contributed by atoms with Gasteiger partial charge in [0.25, 0.3) is 0 Å². The van der Waals surface area contributed by atoms with Crippen LogP contribution >= 0.6 is 0 Å². The lowest BCUT2D eigenvalue weighted by molar-refractivity contribution is 0.748. The van der Waals surface area contributed by atoms with Crippen LogP contribution in [0.4, 0.5) is 17.1 Å². The highest BCUT2D eigenvalue weighted by molar-refractivity contribution is 6.14. The van der Waals surface area contributed by atoms with Crippen molar-refractivity contribution >= 4 is 38.9 Å². The number of anilines is 3. The molecule has 0 fully saturated rings. The van der Waals surface area contributed by atoms with Gasteiger partial charge in [0.1, 0.15) is 0 Å². The Bertz CT molecular complexity index is 3970. The Labute approximate surface area is 407 Å². The summed E-state index contributed by atoms with van der Waals surface area (Å²) in [4.78, 5) is 2.48. The lowest BCUT2D eigenvalue weighted by Gasteiger charge is -2.41. The van der Waals surface area contributed by atoms with E-state index in [1.807, 2.05) is 0 Å². The van der Waals surface area contributed by atoms with Crippen LogP contribution in [0.15, 0.2) is 267 Å². The molecule has 2 heterocycles. The standard InChI is InChI=1S/C68H44N2/c1-4-20-47(21-5-1)67(48-22-6-2-7-23-48)57-31-14-10-28-53(57)54-43-40-46(44-62(54)67)45-38-41-50(42-39-45)69(49-24-8-3-9-25-49)64-37-19-35-61-66(64)70-63-36-17-13-29-55(63)56-30-18-34-60(65(56)70)68(61)58-32-15-11-26-51(58)52-27-12-16-33-59(52)68/h1-44H. The number of hydrogen-bond acceptors (Lipinski definition) is 1. The predicted molar refractivity (Wildman–Crippen MR) is 289 cm³/mol. The SMILES string of the molecule is c1ccc(N(c2ccc(-c3ccc4c(c3)C(c3ccccc3)(c3ccccc3)c3ccccc3-4)cc2)c2cccc3c2-n2c4ccccc4c4cccc(c42)C32c3ccccc3-c3ccccc32)cc1. The molecule has 0 N–H and O–H groups in total. The molecule has 3 aliphatic rings.